The number of hydrogen-bond acceptors (Lipinski definition) is 2. The molecule has 1 fully saturated rings. The van der Waals surface area contributed by atoms with E-state index in [4.69, 9.17) is 0 Å². The molecular weight excluding hydrogens is 258 g/mol. The second-order valence-electron chi connectivity index (χ2n) is 6.20. The maximum atomic E-state index is 13.3. The van der Waals surface area contributed by atoms with Crippen molar-refractivity contribution in [3.63, 3.8) is 0 Å². The fraction of sp³-hybridized carbons (Fsp3) is 0.688. The number of rotatable bonds is 3. The summed E-state index contributed by atoms with van der Waals surface area (Å²) in [4.78, 5) is 4.54. The molecule has 0 aliphatic heterocycles. The number of hydrogen-bond donors (Lipinski definition) is 1. The minimum atomic E-state index is -2.44. The SMILES string of the molecule is CNC(C1CCC(F)(F)CC1)C1CCc2cccnc21. The van der Waals surface area contributed by atoms with Crippen molar-refractivity contribution < 1.29 is 8.78 Å². The van der Waals surface area contributed by atoms with Crippen LogP contribution in [0.15, 0.2) is 18.3 Å². The maximum Gasteiger partial charge on any atom is 0.248 e. The van der Waals surface area contributed by atoms with Crippen LogP contribution >= 0.6 is 0 Å². The summed E-state index contributed by atoms with van der Waals surface area (Å²) in [6, 6.07) is 4.41. The van der Waals surface area contributed by atoms with Gasteiger partial charge < -0.3 is 5.32 Å². The van der Waals surface area contributed by atoms with Gasteiger partial charge in [0.1, 0.15) is 0 Å². The van der Waals surface area contributed by atoms with Crippen molar-refractivity contribution in [1.82, 2.24) is 10.3 Å². The Bertz CT molecular complexity index is 465. The molecule has 0 saturated heterocycles. The van der Waals surface area contributed by atoms with E-state index in [1.54, 1.807) is 0 Å². The molecule has 0 bridgehead atoms. The van der Waals surface area contributed by atoms with E-state index in [1.165, 1.54) is 11.3 Å². The quantitative estimate of drug-likeness (QED) is 0.916. The van der Waals surface area contributed by atoms with Gasteiger partial charge in [-0.15, -0.1) is 0 Å². The minimum Gasteiger partial charge on any atom is -0.316 e. The molecule has 2 nitrogen and oxygen atoms in total. The highest BCUT2D eigenvalue weighted by Gasteiger charge is 2.41. The van der Waals surface area contributed by atoms with Crippen molar-refractivity contribution in [1.29, 1.82) is 0 Å². The molecule has 3 rings (SSSR count). The van der Waals surface area contributed by atoms with E-state index in [0.717, 1.165) is 12.8 Å². The van der Waals surface area contributed by atoms with Gasteiger partial charge >= 0.3 is 0 Å². The van der Waals surface area contributed by atoms with Crippen molar-refractivity contribution in [3.05, 3.63) is 29.6 Å². The van der Waals surface area contributed by atoms with Gasteiger partial charge in [-0.2, -0.15) is 0 Å². The molecule has 1 heterocycles. The van der Waals surface area contributed by atoms with Crippen LogP contribution in [0.5, 0.6) is 0 Å². The molecule has 2 aliphatic carbocycles. The monoisotopic (exact) mass is 280 g/mol. The van der Waals surface area contributed by atoms with Gasteiger partial charge in [-0.3, -0.25) is 4.98 Å². The van der Waals surface area contributed by atoms with Crippen molar-refractivity contribution in [3.8, 4) is 0 Å². The van der Waals surface area contributed by atoms with Crippen LogP contribution in [-0.2, 0) is 6.42 Å². The summed E-state index contributed by atoms with van der Waals surface area (Å²) < 4.78 is 26.7. The lowest BCUT2D eigenvalue weighted by Crippen LogP contribution is -2.42. The molecule has 2 atom stereocenters. The molecule has 20 heavy (non-hydrogen) atoms. The Kier molecular flexibility index (Phi) is 3.76. The summed E-state index contributed by atoms with van der Waals surface area (Å²) in [6.45, 7) is 0. The van der Waals surface area contributed by atoms with Crippen molar-refractivity contribution in [2.45, 2.75) is 56.4 Å². The highest BCUT2D eigenvalue weighted by molar-refractivity contribution is 5.30. The van der Waals surface area contributed by atoms with Crippen LogP contribution < -0.4 is 5.32 Å². The van der Waals surface area contributed by atoms with Crippen LogP contribution in [0.3, 0.4) is 0 Å². The molecule has 0 amide bonds. The summed E-state index contributed by atoms with van der Waals surface area (Å²) in [7, 11) is 1.96. The standard InChI is InChI=1S/C16H22F2N2/c1-19-14(12-6-8-16(17,18)9-7-12)13-5-4-11-3-2-10-20-15(11)13/h2-3,10,12-14,19H,4-9H2,1H3. The predicted molar refractivity (Wildman–Crippen MR) is 75.1 cm³/mol. The molecule has 1 aromatic heterocycles. The first-order valence-electron chi connectivity index (χ1n) is 7.59. The summed E-state index contributed by atoms with van der Waals surface area (Å²) in [6.07, 6.45) is 5.32. The zero-order valence-electron chi connectivity index (χ0n) is 11.9. The van der Waals surface area contributed by atoms with Crippen molar-refractivity contribution in [2.75, 3.05) is 7.05 Å². The van der Waals surface area contributed by atoms with Gasteiger partial charge in [0.2, 0.25) is 5.92 Å². The summed E-state index contributed by atoms with van der Waals surface area (Å²) >= 11 is 0. The smallest absolute Gasteiger partial charge is 0.248 e. The second kappa shape index (κ2) is 5.40. The number of fused-ring (bicyclic) bond motifs is 1. The average Bonchev–Trinajstić information content (AvgIpc) is 2.86. The molecule has 1 saturated carbocycles. The van der Waals surface area contributed by atoms with Gasteiger partial charge in [-0.05, 0) is 50.3 Å². The summed E-state index contributed by atoms with van der Waals surface area (Å²) in [5.74, 6) is -1.72. The predicted octanol–water partition coefficient (Wildman–Crippen LogP) is 3.52. The third-order valence-corrected chi connectivity index (χ3v) is 5.04. The zero-order chi connectivity index (χ0) is 14.2. The van der Waals surface area contributed by atoms with E-state index < -0.39 is 5.92 Å². The average molecular weight is 280 g/mol. The number of nitrogens with zero attached hydrogens (tertiary/aromatic N) is 1. The lowest BCUT2D eigenvalue weighted by atomic mass is 9.76. The second-order valence-corrected chi connectivity index (χ2v) is 6.20. The summed E-state index contributed by atoms with van der Waals surface area (Å²) in [5.41, 5.74) is 2.52. The first kappa shape index (κ1) is 13.9. The molecular formula is C16H22F2N2. The number of aromatic nitrogens is 1. The van der Waals surface area contributed by atoms with Crippen molar-refractivity contribution >= 4 is 0 Å². The first-order chi connectivity index (χ1) is 9.61. The normalized spacial score (nSPS) is 27.2. The van der Waals surface area contributed by atoms with E-state index in [9.17, 15) is 8.78 Å². The van der Waals surface area contributed by atoms with Crippen molar-refractivity contribution in [2.24, 2.45) is 5.92 Å². The molecule has 0 aromatic carbocycles. The lowest BCUT2D eigenvalue weighted by Gasteiger charge is -2.36. The van der Waals surface area contributed by atoms with Gasteiger partial charge in [0.05, 0.1) is 0 Å². The van der Waals surface area contributed by atoms with Crippen LogP contribution in [0.1, 0.15) is 49.3 Å². The topological polar surface area (TPSA) is 24.9 Å². The highest BCUT2D eigenvalue weighted by atomic mass is 19.3. The molecule has 4 heteroatoms. The molecule has 110 valence electrons. The zero-order valence-corrected chi connectivity index (χ0v) is 11.9. The number of pyridine rings is 1. The van der Waals surface area contributed by atoms with Crippen LogP contribution in [0.2, 0.25) is 0 Å². The van der Waals surface area contributed by atoms with Gasteiger partial charge in [0.15, 0.2) is 0 Å². The molecule has 2 unspecified atom stereocenters. The first-order valence-corrected chi connectivity index (χ1v) is 7.59. The minimum absolute atomic E-state index is 0.0393. The van der Waals surface area contributed by atoms with E-state index in [1.807, 2.05) is 19.3 Å². The van der Waals surface area contributed by atoms with E-state index in [2.05, 4.69) is 16.4 Å². The fourth-order valence-electron chi connectivity index (χ4n) is 3.98. The van der Waals surface area contributed by atoms with Gasteiger partial charge in [0.25, 0.3) is 0 Å². The lowest BCUT2D eigenvalue weighted by molar-refractivity contribution is -0.0503. The van der Waals surface area contributed by atoms with Gasteiger partial charge in [0, 0.05) is 36.7 Å². The Hall–Kier alpha value is -1.03. The Morgan fingerprint density at radius 1 is 1.30 bits per heavy atom. The number of alkyl halides is 2. The van der Waals surface area contributed by atoms with E-state index >= 15 is 0 Å². The molecule has 2 aliphatic rings. The Morgan fingerprint density at radius 2 is 2.05 bits per heavy atom. The maximum absolute atomic E-state index is 13.3. The van der Waals surface area contributed by atoms with Gasteiger partial charge in [-0.1, -0.05) is 6.07 Å². The molecule has 0 radical (unpaired) electrons. The number of aryl methyl sites for hydroxylation is 1. The Morgan fingerprint density at radius 3 is 2.75 bits per heavy atom. The number of halogens is 2. The largest absolute Gasteiger partial charge is 0.316 e. The van der Waals surface area contributed by atoms with Gasteiger partial charge in [-0.25, -0.2) is 8.78 Å². The van der Waals surface area contributed by atoms with E-state index in [-0.39, 0.29) is 18.9 Å². The fourth-order valence-corrected chi connectivity index (χ4v) is 3.98. The molecule has 1 aromatic rings. The molecule has 0 spiro atoms. The van der Waals surface area contributed by atoms with E-state index in [0.29, 0.717) is 24.7 Å². The Labute approximate surface area is 119 Å². The third kappa shape index (κ3) is 2.58. The number of likely N-dealkylation sites (N-methyl/N-ethyl adjacent to an activating group) is 1. The van der Waals surface area contributed by atoms with Crippen LogP contribution in [0.25, 0.3) is 0 Å². The molecule has 1 N–H and O–H groups in total. The summed E-state index contributed by atoms with van der Waals surface area (Å²) in [5, 5.41) is 3.40. The third-order valence-electron chi connectivity index (χ3n) is 5.04. The Balaban J connectivity index is 1.75. The number of nitrogens with one attached hydrogen (secondary N) is 1. The van der Waals surface area contributed by atoms with Crippen LogP contribution in [0.4, 0.5) is 8.78 Å². The highest BCUT2D eigenvalue weighted by Crippen LogP contribution is 2.43. The van der Waals surface area contributed by atoms with Crippen LogP contribution in [-0.4, -0.2) is 24.0 Å². The van der Waals surface area contributed by atoms with Crippen LogP contribution in [0, 0.1) is 5.92 Å².